The van der Waals surface area contributed by atoms with Gasteiger partial charge < -0.3 is 4.90 Å². The highest BCUT2D eigenvalue weighted by atomic mass is 19.1. The van der Waals surface area contributed by atoms with Crippen molar-refractivity contribution in [1.82, 2.24) is 39.9 Å². The van der Waals surface area contributed by atoms with E-state index < -0.39 is 11.6 Å². The smallest absolute Gasteiger partial charge is 0.184 e. The van der Waals surface area contributed by atoms with Crippen molar-refractivity contribution in [2.75, 3.05) is 18.0 Å². The van der Waals surface area contributed by atoms with E-state index in [2.05, 4.69) is 35.1 Å². The van der Waals surface area contributed by atoms with Crippen LogP contribution in [0.4, 0.5) is 14.6 Å². The summed E-state index contributed by atoms with van der Waals surface area (Å²) in [6.45, 7) is 5.55. The zero-order valence-corrected chi connectivity index (χ0v) is 17.4. The van der Waals surface area contributed by atoms with Gasteiger partial charge in [-0.05, 0) is 32.0 Å². The zero-order chi connectivity index (χ0) is 22.2. The average Bonchev–Trinajstić information content (AvgIpc) is 3.40. The summed E-state index contributed by atoms with van der Waals surface area (Å²) in [6.07, 6.45) is 4.28. The highest BCUT2D eigenvalue weighted by Crippen LogP contribution is 2.30. The molecule has 5 rings (SSSR count). The molecule has 0 amide bonds. The summed E-state index contributed by atoms with van der Waals surface area (Å²) >= 11 is 0. The van der Waals surface area contributed by atoms with E-state index in [1.165, 1.54) is 29.1 Å². The van der Waals surface area contributed by atoms with Gasteiger partial charge in [-0.2, -0.15) is 10.2 Å². The summed E-state index contributed by atoms with van der Waals surface area (Å²) in [5.74, 6) is 0.0144. The number of nitrogens with one attached hydrogen (secondary N) is 1. The van der Waals surface area contributed by atoms with Crippen LogP contribution < -0.4 is 4.90 Å². The van der Waals surface area contributed by atoms with Crippen molar-refractivity contribution in [3.05, 3.63) is 54.1 Å². The summed E-state index contributed by atoms with van der Waals surface area (Å²) < 4.78 is 29.8. The van der Waals surface area contributed by atoms with E-state index >= 15 is 0 Å². The molecule has 32 heavy (non-hydrogen) atoms. The van der Waals surface area contributed by atoms with Crippen molar-refractivity contribution < 1.29 is 8.78 Å². The second-order valence-corrected chi connectivity index (χ2v) is 7.14. The first kappa shape index (κ1) is 19.9. The Bertz CT molecular complexity index is 1420. The lowest BCUT2D eigenvalue weighted by Gasteiger charge is -2.20. The van der Waals surface area contributed by atoms with Gasteiger partial charge in [0.25, 0.3) is 0 Å². The molecule has 0 fully saturated rings. The van der Waals surface area contributed by atoms with E-state index in [1.807, 2.05) is 13.8 Å². The molecule has 0 saturated carbocycles. The van der Waals surface area contributed by atoms with Gasteiger partial charge in [0.05, 0.1) is 35.4 Å². The zero-order valence-electron chi connectivity index (χ0n) is 17.4. The molecule has 0 unspecified atom stereocenters. The van der Waals surface area contributed by atoms with Gasteiger partial charge >= 0.3 is 0 Å². The van der Waals surface area contributed by atoms with Gasteiger partial charge in [0, 0.05) is 19.3 Å². The van der Waals surface area contributed by atoms with E-state index in [9.17, 15) is 8.78 Å². The standard InChI is InChI=1S/C21H19F2N9/c1-3-31(4-2)21-14-10-26-29-18(14)27-19(28-21)17-13-8-12(22)9-25-20(13)32(30-17)11-16-15(23)6-5-7-24-16/h5-10H,3-4,11H2,1-2H3,(H,26,27,28,29). The first-order valence-electron chi connectivity index (χ1n) is 10.2. The molecule has 162 valence electrons. The van der Waals surface area contributed by atoms with Crippen LogP contribution in [0.3, 0.4) is 0 Å². The SMILES string of the molecule is CCN(CC)c1nc(-c2nn(Cc3ncccc3F)c3ncc(F)cc23)nc2[nH]ncc12. The number of hydrogen-bond donors (Lipinski definition) is 1. The minimum Gasteiger partial charge on any atom is -0.356 e. The van der Waals surface area contributed by atoms with Crippen molar-refractivity contribution in [3.63, 3.8) is 0 Å². The third-order valence-corrected chi connectivity index (χ3v) is 5.25. The number of anilines is 1. The van der Waals surface area contributed by atoms with Crippen LogP contribution in [0.1, 0.15) is 19.5 Å². The molecule has 5 heterocycles. The summed E-state index contributed by atoms with van der Waals surface area (Å²) in [7, 11) is 0. The molecule has 0 aromatic carbocycles. The third-order valence-electron chi connectivity index (χ3n) is 5.25. The Morgan fingerprint density at radius 3 is 2.69 bits per heavy atom. The maximum absolute atomic E-state index is 14.2. The number of H-pyrrole nitrogens is 1. The molecule has 11 heteroatoms. The van der Waals surface area contributed by atoms with Gasteiger partial charge in [0.1, 0.15) is 23.1 Å². The Kier molecular flexibility index (Phi) is 4.92. The second-order valence-electron chi connectivity index (χ2n) is 7.14. The number of halogens is 2. The summed E-state index contributed by atoms with van der Waals surface area (Å²) in [4.78, 5) is 19.6. The molecule has 0 spiro atoms. The van der Waals surface area contributed by atoms with Crippen molar-refractivity contribution in [2.24, 2.45) is 0 Å². The lowest BCUT2D eigenvalue weighted by molar-refractivity contribution is 0.575. The Morgan fingerprint density at radius 1 is 1.06 bits per heavy atom. The first-order valence-corrected chi connectivity index (χ1v) is 10.2. The van der Waals surface area contributed by atoms with Crippen molar-refractivity contribution in [2.45, 2.75) is 20.4 Å². The van der Waals surface area contributed by atoms with Crippen LogP contribution >= 0.6 is 0 Å². The molecular formula is C21H19F2N9. The number of nitrogens with zero attached hydrogens (tertiary/aromatic N) is 8. The molecule has 0 saturated heterocycles. The van der Waals surface area contributed by atoms with Gasteiger partial charge in [-0.25, -0.2) is 28.4 Å². The van der Waals surface area contributed by atoms with Crippen LogP contribution in [0.15, 0.2) is 36.8 Å². The second kappa shape index (κ2) is 7.91. The van der Waals surface area contributed by atoms with Gasteiger partial charge in [0.15, 0.2) is 17.1 Å². The molecule has 0 aliphatic carbocycles. The summed E-state index contributed by atoms with van der Waals surface area (Å²) in [5, 5.41) is 12.8. The molecule has 0 bridgehead atoms. The third kappa shape index (κ3) is 3.31. The highest BCUT2D eigenvalue weighted by molar-refractivity contribution is 5.93. The fraction of sp³-hybridized carbons (Fsp3) is 0.238. The molecule has 1 N–H and O–H groups in total. The number of pyridine rings is 2. The predicted octanol–water partition coefficient (Wildman–Crippen LogP) is 3.33. The maximum atomic E-state index is 14.2. The molecule has 0 atom stereocenters. The molecule has 0 aliphatic heterocycles. The van der Waals surface area contributed by atoms with Gasteiger partial charge in [0.2, 0.25) is 0 Å². The highest BCUT2D eigenvalue weighted by Gasteiger charge is 2.21. The number of fused-ring (bicyclic) bond motifs is 2. The van der Waals surface area contributed by atoms with Gasteiger partial charge in [-0.3, -0.25) is 10.1 Å². The monoisotopic (exact) mass is 435 g/mol. The van der Waals surface area contributed by atoms with E-state index in [0.717, 1.165) is 24.7 Å². The quantitative estimate of drug-likeness (QED) is 0.437. The number of rotatable bonds is 6. The first-order chi connectivity index (χ1) is 15.6. The van der Waals surface area contributed by atoms with E-state index in [1.54, 1.807) is 6.20 Å². The van der Waals surface area contributed by atoms with Crippen LogP contribution in [-0.2, 0) is 6.54 Å². The van der Waals surface area contributed by atoms with Crippen LogP contribution in [-0.4, -0.2) is 53.0 Å². The Balaban J connectivity index is 1.72. The van der Waals surface area contributed by atoms with E-state index in [-0.39, 0.29) is 12.2 Å². The molecule has 0 radical (unpaired) electrons. The van der Waals surface area contributed by atoms with Gasteiger partial charge in [-0.1, -0.05) is 0 Å². The molecular weight excluding hydrogens is 416 g/mol. The average molecular weight is 435 g/mol. The number of aromatic nitrogens is 8. The molecule has 0 aliphatic rings. The number of hydrogen-bond acceptors (Lipinski definition) is 7. The summed E-state index contributed by atoms with van der Waals surface area (Å²) in [6, 6.07) is 4.17. The Labute approximate surface area is 181 Å². The molecule has 5 aromatic heterocycles. The van der Waals surface area contributed by atoms with Crippen LogP contribution in [0.5, 0.6) is 0 Å². The molecule has 9 nitrogen and oxygen atoms in total. The predicted molar refractivity (Wildman–Crippen MR) is 115 cm³/mol. The van der Waals surface area contributed by atoms with E-state index in [0.29, 0.717) is 34.0 Å². The minimum absolute atomic E-state index is 0.0248. The van der Waals surface area contributed by atoms with Crippen molar-refractivity contribution in [3.8, 4) is 11.5 Å². The van der Waals surface area contributed by atoms with Crippen LogP contribution in [0, 0.1) is 11.6 Å². The lowest BCUT2D eigenvalue weighted by atomic mass is 10.2. The Morgan fingerprint density at radius 2 is 1.91 bits per heavy atom. The van der Waals surface area contributed by atoms with Crippen molar-refractivity contribution in [1.29, 1.82) is 0 Å². The lowest BCUT2D eigenvalue weighted by Crippen LogP contribution is -2.23. The van der Waals surface area contributed by atoms with Crippen molar-refractivity contribution >= 4 is 27.9 Å². The normalized spacial score (nSPS) is 11.5. The minimum atomic E-state index is -0.520. The van der Waals surface area contributed by atoms with Crippen LogP contribution in [0.2, 0.25) is 0 Å². The molecule has 5 aromatic rings. The maximum Gasteiger partial charge on any atom is 0.184 e. The Hall–Kier alpha value is -4.02. The summed E-state index contributed by atoms with van der Waals surface area (Å²) in [5.41, 5.74) is 1.46. The number of aromatic amines is 1. The van der Waals surface area contributed by atoms with Crippen LogP contribution in [0.25, 0.3) is 33.6 Å². The fourth-order valence-corrected chi connectivity index (χ4v) is 3.68. The van der Waals surface area contributed by atoms with Gasteiger partial charge in [-0.15, -0.1) is 0 Å². The van der Waals surface area contributed by atoms with E-state index in [4.69, 9.17) is 4.98 Å². The topological polar surface area (TPSA) is 101 Å². The largest absolute Gasteiger partial charge is 0.356 e. The fourth-order valence-electron chi connectivity index (χ4n) is 3.68.